The summed E-state index contributed by atoms with van der Waals surface area (Å²) in [6.07, 6.45) is 13.2. The first kappa shape index (κ1) is 35.1. The summed E-state index contributed by atoms with van der Waals surface area (Å²) < 4.78 is 40.4. The van der Waals surface area contributed by atoms with E-state index in [9.17, 15) is 13.8 Å². The van der Waals surface area contributed by atoms with Gasteiger partial charge < -0.3 is 19.1 Å². The van der Waals surface area contributed by atoms with Crippen molar-refractivity contribution in [1.82, 2.24) is 4.72 Å². The molecule has 11 heteroatoms. The van der Waals surface area contributed by atoms with E-state index in [0.717, 1.165) is 81.1 Å². The number of allylic oxidation sites excluding steroid dienone is 1. The summed E-state index contributed by atoms with van der Waals surface area (Å²) in [4.78, 5) is 29.9. The van der Waals surface area contributed by atoms with Crippen LogP contribution < -0.4 is 14.4 Å². The van der Waals surface area contributed by atoms with Crippen LogP contribution in [0.25, 0.3) is 0 Å². The number of rotatable bonds is 3. The van der Waals surface area contributed by atoms with E-state index in [0.29, 0.717) is 43.3 Å². The Morgan fingerprint density at radius 1 is 1.14 bits per heavy atom. The minimum Gasteiger partial charge on any atom is -0.490 e. The van der Waals surface area contributed by atoms with Gasteiger partial charge in [-0.15, -0.1) is 4.36 Å². The monoisotopic (exact) mass is 735 g/mol. The molecule has 2 aromatic rings. The van der Waals surface area contributed by atoms with Gasteiger partial charge >= 0.3 is 0 Å². The summed E-state index contributed by atoms with van der Waals surface area (Å²) >= 11 is 6.46. The molecule has 0 radical (unpaired) electrons. The van der Waals surface area contributed by atoms with E-state index < -0.39 is 15.8 Å². The normalized spacial score (nSPS) is 36.8. The minimum atomic E-state index is -3.43. The molecule has 9 nitrogen and oxygen atoms in total. The van der Waals surface area contributed by atoms with Gasteiger partial charge in [0.15, 0.2) is 0 Å². The summed E-state index contributed by atoms with van der Waals surface area (Å²) in [6, 6.07) is 11.7. The van der Waals surface area contributed by atoms with Crippen LogP contribution in [-0.2, 0) is 36.0 Å². The quantitative estimate of drug-likeness (QED) is 0.337. The fraction of sp³-hybridized carbons (Fsp3) is 0.600. The standard InChI is InChI=1S/C40H50ClN3O6S/c1-26-6-3-8-35(48-2)32-12-9-29(32)22-44-24-39(15-4-7-27-18-31(41)11-13-33(27)39)25-49-36-14-10-28(19-34(36)44)37(45)42-51(47,23-26)43-38(46)30-20-40(21-30)16-5-17-50-40/h3,8,10-11,13-14,18-19,26,29-30,32,35H,4-7,9,12,15-17,20-25H2,1-2H3,(H,42,43,45,46,47)/b8-3+/t26-,29-,30?,32+,35-,39-,40?,51?/m0/s1. The summed E-state index contributed by atoms with van der Waals surface area (Å²) in [5.41, 5.74) is 3.27. The number of hydrogen-bond acceptors (Lipinski definition) is 7. The van der Waals surface area contributed by atoms with Crippen LogP contribution in [0.1, 0.15) is 86.2 Å². The number of hydrogen-bond donors (Lipinski definition) is 1. The third-order valence-electron chi connectivity index (χ3n) is 12.6. The summed E-state index contributed by atoms with van der Waals surface area (Å²) in [5.74, 6) is 0.240. The number of nitrogens with one attached hydrogen (secondary N) is 1. The third-order valence-corrected chi connectivity index (χ3v) is 14.8. The smallest absolute Gasteiger partial charge is 0.286 e. The van der Waals surface area contributed by atoms with Gasteiger partial charge in [-0.05, 0) is 123 Å². The molecule has 1 saturated heterocycles. The highest BCUT2D eigenvalue weighted by molar-refractivity contribution is 7.92. The Labute approximate surface area is 307 Å². The van der Waals surface area contributed by atoms with Crippen molar-refractivity contribution in [2.45, 2.75) is 88.3 Å². The van der Waals surface area contributed by atoms with E-state index >= 15 is 0 Å². The molecule has 8 rings (SSSR count). The number of carbonyl (C=O) groups is 2. The van der Waals surface area contributed by atoms with Gasteiger partial charge in [0.1, 0.15) is 15.7 Å². The van der Waals surface area contributed by atoms with Crippen LogP contribution in [0.4, 0.5) is 5.69 Å². The van der Waals surface area contributed by atoms with E-state index in [2.05, 4.69) is 38.3 Å². The Hall–Kier alpha value is -2.92. The zero-order valence-electron chi connectivity index (χ0n) is 29.7. The predicted molar refractivity (Wildman–Crippen MR) is 199 cm³/mol. The summed E-state index contributed by atoms with van der Waals surface area (Å²) in [7, 11) is -1.66. The van der Waals surface area contributed by atoms with Gasteiger partial charge in [0.25, 0.3) is 5.91 Å². The van der Waals surface area contributed by atoms with Crippen molar-refractivity contribution in [1.29, 1.82) is 0 Å². The van der Waals surface area contributed by atoms with Crippen LogP contribution in [0.2, 0.25) is 5.02 Å². The van der Waals surface area contributed by atoms with Crippen LogP contribution in [0.15, 0.2) is 52.9 Å². The molecular weight excluding hydrogens is 686 g/mol. The molecule has 274 valence electrons. The maximum atomic E-state index is 14.6. The maximum absolute atomic E-state index is 14.6. The second-order valence-corrected chi connectivity index (χ2v) is 18.6. The van der Waals surface area contributed by atoms with E-state index in [1.54, 1.807) is 13.2 Å². The lowest BCUT2D eigenvalue weighted by Crippen LogP contribution is -2.51. The van der Waals surface area contributed by atoms with Crippen LogP contribution in [0, 0.1) is 23.7 Å². The highest BCUT2D eigenvalue weighted by atomic mass is 35.5. The number of anilines is 1. The Kier molecular flexibility index (Phi) is 9.51. The van der Waals surface area contributed by atoms with Gasteiger partial charge in [0.2, 0.25) is 5.91 Å². The van der Waals surface area contributed by atoms with Crippen molar-refractivity contribution in [3.05, 3.63) is 70.3 Å². The Bertz CT molecular complexity index is 1840. The molecule has 3 aliphatic carbocycles. The summed E-state index contributed by atoms with van der Waals surface area (Å²) in [5, 5.41) is 0.748. The molecule has 2 amide bonds. The van der Waals surface area contributed by atoms with Crippen molar-refractivity contribution in [3.63, 3.8) is 0 Å². The van der Waals surface area contributed by atoms with Gasteiger partial charge in [-0.3, -0.25) is 14.3 Å². The van der Waals surface area contributed by atoms with Gasteiger partial charge in [-0.25, -0.2) is 4.21 Å². The Balaban J connectivity index is 1.16. The van der Waals surface area contributed by atoms with Crippen molar-refractivity contribution in [3.8, 4) is 5.75 Å². The molecule has 3 heterocycles. The number of carbonyl (C=O) groups excluding carboxylic acids is 2. The number of ether oxygens (including phenoxy) is 3. The van der Waals surface area contributed by atoms with Crippen molar-refractivity contribution >= 4 is 39.0 Å². The molecular formula is C40H50ClN3O6S. The molecule has 2 aromatic carbocycles. The van der Waals surface area contributed by atoms with Crippen LogP contribution in [-0.4, -0.2) is 66.9 Å². The molecule has 3 aliphatic heterocycles. The first-order valence-electron chi connectivity index (χ1n) is 18.8. The average molecular weight is 736 g/mol. The van der Waals surface area contributed by atoms with E-state index in [-0.39, 0.29) is 40.6 Å². The van der Waals surface area contributed by atoms with Gasteiger partial charge in [0, 0.05) is 48.7 Å². The molecule has 1 N–H and O–H groups in total. The Morgan fingerprint density at radius 3 is 2.76 bits per heavy atom. The highest BCUT2D eigenvalue weighted by Gasteiger charge is 2.50. The number of amides is 2. The third kappa shape index (κ3) is 6.86. The van der Waals surface area contributed by atoms with Gasteiger partial charge in [0.05, 0.1) is 29.8 Å². The minimum absolute atomic E-state index is 0.0385. The highest BCUT2D eigenvalue weighted by Crippen LogP contribution is 2.48. The molecule has 0 aromatic heterocycles. The lowest BCUT2D eigenvalue weighted by atomic mass is 9.68. The van der Waals surface area contributed by atoms with Crippen molar-refractivity contribution < 1.29 is 28.0 Å². The molecule has 3 fully saturated rings. The van der Waals surface area contributed by atoms with Crippen LogP contribution in [0.3, 0.4) is 0 Å². The second kappa shape index (κ2) is 13.8. The van der Waals surface area contributed by atoms with Crippen molar-refractivity contribution in [2.75, 3.05) is 44.1 Å². The molecule has 51 heavy (non-hydrogen) atoms. The van der Waals surface area contributed by atoms with Gasteiger partial charge in [-0.1, -0.05) is 36.7 Å². The lowest BCUT2D eigenvalue weighted by molar-refractivity contribution is -0.141. The number of methoxy groups -OCH3 is 1. The largest absolute Gasteiger partial charge is 0.490 e. The molecule has 1 unspecified atom stereocenters. The number of fused-ring (bicyclic) bond motifs is 4. The first-order valence-corrected chi connectivity index (χ1v) is 20.9. The number of aryl methyl sites for hydroxylation is 1. The fourth-order valence-corrected chi connectivity index (χ4v) is 11.9. The lowest BCUT2D eigenvalue weighted by Gasteiger charge is -2.46. The first-order chi connectivity index (χ1) is 24.6. The Morgan fingerprint density at radius 2 is 2.00 bits per heavy atom. The molecule has 2 saturated carbocycles. The average Bonchev–Trinajstić information content (AvgIpc) is 3.52. The molecule has 2 bridgehead atoms. The predicted octanol–water partition coefficient (Wildman–Crippen LogP) is 7.05. The van der Waals surface area contributed by atoms with E-state index in [1.807, 2.05) is 25.1 Å². The van der Waals surface area contributed by atoms with Crippen LogP contribution in [0.5, 0.6) is 5.75 Å². The molecule has 6 atom stereocenters. The van der Waals surface area contributed by atoms with Gasteiger partial charge in [-0.2, -0.15) is 0 Å². The number of nitrogens with zero attached hydrogens (tertiary/aromatic N) is 2. The fourth-order valence-electron chi connectivity index (χ4n) is 9.71. The zero-order chi connectivity index (χ0) is 35.4. The second-order valence-electron chi connectivity index (χ2n) is 16.2. The van der Waals surface area contributed by atoms with E-state index in [4.69, 9.17) is 25.8 Å². The molecule has 2 spiro atoms. The molecule has 6 aliphatic rings. The van der Waals surface area contributed by atoms with Crippen LogP contribution >= 0.6 is 11.6 Å². The van der Waals surface area contributed by atoms with E-state index in [1.165, 1.54) is 11.1 Å². The summed E-state index contributed by atoms with van der Waals surface area (Å²) in [6.45, 7) is 4.76. The maximum Gasteiger partial charge on any atom is 0.286 e. The number of benzene rings is 2. The number of halogens is 1. The SMILES string of the molecule is CO[C@H]1/C=C/C[C@H](C)CS(=O)(NC(=O)C2CC3(CCCO3)C2)=NC(=O)c2ccc3c(c2)N(C[C@@H]2CC[C@H]21)C[C@@]1(CCCc2cc(Cl)ccc21)CO3. The zero-order valence-corrected chi connectivity index (χ0v) is 31.3. The van der Waals surface area contributed by atoms with Crippen molar-refractivity contribution in [2.24, 2.45) is 28.0 Å². The topological polar surface area (TPSA) is 107 Å².